The first-order valence-corrected chi connectivity index (χ1v) is 39.6. The van der Waals surface area contributed by atoms with Gasteiger partial charge in [0, 0.05) is 16.4 Å². The Morgan fingerprint density at radius 3 is 0.908 bits per heavy atom. The first kappa shape index (κ1) is 71.7. The molecule has 0 spiro atoms. The molecule has 8 fully saturated rings. The van der Waals surface area contributed by atoms with Crippen molar-refractivity contribution in [2.24, 2.45) is 65.1 Å². The predicted octanol–water partition coefficient (Wildman–Crippen LogP) is 31.6. The fourth-order valence-electron chi connectivity index (χ4n) is 14.4. The summed E-state index contributed by atoms with van der Waals surface area (Å²) in [5.74, 6) is 7.54. The average molecular weight is 1350 g/mol. The van der Waals surface area contributed by atoms with Gasteiger partial charge in [-0.05, 0) is 239 Å². The van der Waals surface area contributed by atoms with Gasteiger partial charge in [-0.25, -0.2) is 0 Å². The molecule has 552 valence electrons. The quantitative estimate of drug-likeness (QED) is 0.166. The minimum atomic E-state index is -2.37. The van der Waals surface area contributed by atoms with Gasteiger partial charge in [-0.15, -0.1) is 0 Å². The number of rotatable bonds is 3. The summed E-state index contributed by atoms with van der Waals surface area (Å²) in [7, 11) is 0. The van der Waals surface area contributed by atoms with Crippen molar-refractivity contribution in [1.29, 1.82) is 0 Å². The third kappa shape index (κ3) is 45.2. The molecule has 4 bridgehead atoms. The van der Waals surface area contributed by atoms with Crippen LogP contribution in [-0.4, -0.2) is 0 Å². The highest BCUT2D eigenvalue weighted by Crippen LogP contribution is 2.56. The Hall–Kier alpha value is -4.68. The first-order chi connectivity index (χ1) is 51.4. The number of hydrogen-bond donors (Lipinski definition) is 0. The molecular formula is C98H160. The monoisotopic (exact) mass is 1350 g/mol. The molecule has 6 aromatic rings. The van der Waals surface area contributed by atoms with Crippen molar-refractivity contribution in [2.75, 3.05) is 0 Å². The molecule has 0 aromatic heterocycles. The molecule has 0 saturated heterocycles. The average Bonchev–Trinajstić information content (AvgIpc) is 0.810. The molecule has 6 aromatic carbocycles. The van der Waals surface area contributed by atoms with Gasteiger partial charge in [0.2, 0.25) is 0 Å². The molecule has 0 aliphatic heterocycles. The molecule has 0 heterocycles. The van der Waals surface area contributed by atoms with Crippen LogP contribution in [0.15, 0.2) is 133 Å². The van der Waals surface area contributed by atoms with Crippen LogP contribution in [0.1, 0.15) is 337 Å². The van der Waals surface area contributed by atoms with Crippen LogP contribution in [0, 0.1) is 162 Å². The van der Waals surface area contributed by atoms with E-state index in [-0.39, 0.29) is 6.42 Å². The Bertz CT molecular complexity index is 3110. The zero-order chi connectivity index (χ0) is 83.4. The van der Waals surface area contributed by atoms with E-state index in [2.05, 4.69) is 247 Å². The van der Waals surface area contributed by atoms with E-state index in [1.54, 1.807) is 39.0 Å². The lowest BCUT2D eigenvalue weighted by atomic mass is 9.52. The van der Waals surface area contributed by atoms with E-state index in [0.717, 1.165) is 53.3 Å². The van der Waals surface area contributed by atoms with E-state index in [4.69, 9.17) is 16.4 Å². The second-order valence-corrected chi connectivity index (χ2v) is 31.2. The van der Waals surface area contributed by atoms with E-state index in [0.29, 0.717) is 0 Å². The molecular weight excluding hydrogens is 1180 g/mol. The fraction of sp³-hybridized carbons (Fsp3) is 0.633. The van der Waals surface area contributed by atoms with Gasteiger partial charge in [0.05, 0.1) is 0 Å². The summed E-state index contributed by atoms with van der Waals surface area (Å²) < 4.78 is 82.1. The SMILES string of the molecule is CC1C2CC3CC(C2)CC1C3.CC1CCCC1.CC1CCCCC1.CCC1CCCC1.CCC1CCCCC1.Cc1cc(C)c(C)c(C)c1.Cc1ccc(C)cc1.Cc1cccc(C)c1.Cc1cccc(C)c1C.Cc1ccccc1.Cc1ccccc1C.[2H]C([2H])([2H])C(C)C([2H])([2H])[2H].[2H]C([2H])([2H])C(CC)C([2H])([2H])[2H]. The van der Waals surface area contributed by atoms with E-state index in [1.165, 1.54) is 213 Å². The van der Waals surface area contributed by atoms with Crippen LogP contribution in [-0.2, 0) is 0 Å². The minimum Gasteiger partial charge on any atom is -0.0651 e. The van der Waals surface area contributed by atoms with Crippen molar-refractivity contribution in [2.45, 2.75) is 340 Å². The van der Waals surface area contributed by atoms with Gasteiger partial charge in [-0.1, -0.05) is 378 Å². The Kier molecular flexibility index (Phi) is 40.2. The maximum absolute atomic E-state index is 6.92. The zero-order valence-electron chi connectivity index (χ0n) is 79.4. The Morgan fingerprint density at radius 1 is 0.327 bits per heavy atom. The highest BCUT2D eigenvalue weighted by atomic mass is 14.5. The van der Waals surface area contributed by atoms with E-state index < -0.39 is 39.2 Å². The summed E-state index contributed by atoms with van der Waals surface area (Å²) >= 11 is 0. The lowest BCUT2D eigenvalue weighted by molar-refractivity contribution is -0.0282. The highest BCUT2D eigenvalue weighted by Gasteiger charge is 2.46. The normalized spacial score (nSPS) is 21.7. The summed E-state index contributed by atoms with van der Waals surface area (Å²) in [5, 5.41) is 0. The topological polar surface area (TPSA) is 0 Å². The van der Waals surface area contributed by atoms with Crippen LogP contribution >= 0.6 is 0 Å². The Balaban J connectivity index is 0.000000598. The maximum atomic E-state index is 6.92. The van der Waals surface area contributed by atoms with Crippen LogP contribution in [0.5, 0.6) is 0 Å². The molecule has 0 amide bonds. The first-order valence-electron chi connectivity index (χ1n) is 45.6. The van der Waals surface area contributed by atoms with Crippen LogP contribution in [0.2, 0.25) is 0 Å². The van der Waals surface area contributed by atoms with Gasteiger partial charge >= 0.3 is 0 Å². The summed E-state index contributed by atoms with van der Waals surface area (Å²) in [6, 6.07) is 46.4. The van der Waals surface area contributed by atoms with E-state index in [9.17, 15) is 0 Å². The molecule has 8 aliphatic carbocycles. The molecule has 0 heteroatoms. The summed E-state index contributed by atoms with van der Waals surface area (Å²) in [5.41, 5.74) is 19.2. The van der Waals surface area contributed by atoms with Crippen molar-refractivity contribution < 1.29 is 16.4 Å². The largest absolute Gasteiger partial charge is 0.0651 e. The number of aryl methyl sites for hydroxylation is 12. The molecule has 0 radical (unpaired) electrons. The highest BCUT2D eigenvalue weighted by molar-refractivity contribution is 5.36. The lowest BCUT2D eigenvalue weighted by Crippen LogP contribution is -2.43. The van der Waals surface area contributed by atoms with E-state index in [1.807, 2.05) is 18.2 Å². The lowest BCUT2D eigenvalue weighted by Gasteiger charge is -2.53. The molecule has 8 saturated carbocycles. The van der Waals surface area contributed by atoms with Crippen LogP contribution < -0.4 is 0 Å². The standard InChI is InChI=1S/C11H18.C10H14.C9H12.3C8H10.C8H16.C7H14.C7H8.C7H14.C6H12.C5H12.C4H10/c1-7-10-3-8-2-9(5-10)6-11(7)4-8;1-7-5-8(2)10(4)9(3)6-7;1-7-5-4-6-8(2)9(7)3;1-7-3-5-8(2)6-4-7;1-7-4-3-5-8(2)6-7;1-7-5-3-4-6-8(7)2;1-2-8-6-4-3-5-7-8;2*1-7-5-3-2-4-6-7;1-2-7-5-3-4-6-7;1-6-4-2-3-5-6;1-4-5(2)3;1-4(2)3/h7-11H,2-6H2,1H3;5-6H,1-4H3;4-6H,1-3H3;3*3-6H,1-2H3;8H,2-7H2,1H3;7H,2-6H2,1H3;2-6H,1H3;7H,2-6H2,1H3;6H,2-5H2,1H3;5H,4H2,1-3H3;4H,1-3H3/i;;;;;;;;;;;2D3,3D3;1D3,2D3. The molecule has 98 heavy (non-hydrogen) atoms. The van der Waals surface area contributed by atoms with Gasteiger partial charge in [-0.2, -0.15) is 0 Å². The fourth-order valence-corrected chi connectivity index (χ4v) is 14.4. The zero-order valence-corrected chi connectivity index (χ0v) is 67.4. The third-order valence-electron chi connectivity index (χ3n) is 21.7. The third-order valence-corrected chi connectivity index (χ3v) is 21.7. The second-order valence-electron chi connectivity index (χ2n) is 31.2. The molecule has 14 rings (SSSR count). The van der Waals surface area contributed by atoms with Crippen molar-refractivity contribution in [3.05, 3.63) is 211 Å². The Morgan fingerprint density at radius 2 is 0.653 bits per heavy atom. The van der Waals surface area contributed by atoms with E-state index >= 15 is 0 Å². The van der Waals surface area contributed by atoms with Crippen molar-refractivity contribution >= 4 is 0 Å². The van der Waals surface area contributed by atoms with Gasteiger partial charge in [0.15, 0.2) is 0 Å². The van der Waals surface area contributed by atoms with Crippen molar-refractivity contribution in [1.82, 2.24) is 0 Å². The van der Waals surface area contributed by atoms with Crippen LogP contribution in [0.4, 0.5) is 0 Å². The van der Waals surface area contributed by atoms with Crippen LogP contribution in [0.3, 0.4) is 0 Å². The van der Waals surface area contributed by atoms with Gasteiger partial charge in [0.25, 0.3) is 0 Å². The minimum absolute atomic E-state index is 0.160. The van der Waals surface area contributed by atoms with Gasteiger partial charge in [-0.3, -0.25) is 0 Å². The molecule has 0 nitrogen and oxygen atoms in total. The summed E-state index contributed by atoms with van der Waals surface area (Å²) in [6.45, 7) is 34.9. The molecule has 0 atom stereocenters. The predicted molar refractivity (Wildman–Crippen MR) is 446 cm³/mol. The molecule has 8 aliphatic rings. The Labute approximate surface area is 629 Å². The molecule has 0 unspecified atom stereocenters. The summed E-state index contributed by atoms with van der Waals surface area (Å²) in [6.07, 6.45) is 37.9. The van der Waals surface area contributed by atoms with Crippen LogP contribution in [0.25, 0.3) is 0 Å². The number of benzene rings is 6. The number of hydrogen-bond acceptors (Lipinski definition) is 0. The second kappa shape index (κ2) is 55.0. The molecule has 0 N–H and O–H groups in total. The van der Waals surface area contributed by atoms with Gasteiger partial charge in [0.1, 0.15) is 0 Å². The summed E-state index contributed by atoms with van der Waals surface area (Å²) in [4.78, 5) is 0. The smallest absolute Gasteiger partial charge is 0.0233 e. The van der Waals surface area contributed by atoms with Gasteiger partial charge < -0.3 is 0 Å². The van der Waals surface area contributed by atoms with Crippen molar-refractivity contribution in [3.8, 4) is 0 Å². The maximum Gasteiger partial charge on any atom is 0.0233 e. The van der Waals surface area contributed by atoms with Crippen molar-refractivity contribution in [3.63, 3.8) is 0 Å².